The number of primary amides is 1. The van der Waals surface area contributed by atoms with Gasteiger partial charge in [-0.05, 0) is 52.3 Å². The first-order chi connectivity index (χ1) is 14.5. The van der Waals surface area contributed by atoms with Crippen molar-refractivity contribution in [3.63, 3.8) is 0 Å². The van der Waals surface area contributed by atoms with Crippen LogP contribution in [0.4, 0.5) is 22.0 Å². The Hall–Kier alpha value is -2.99. The van der Waals surface area contributed by atoms with Gasteiger partial charge in [0.2, 0.25) is 5.89 Å². The summed E-state index contributed by atoms with van der Waals surface area (Å²) < 4.78 is 76.8. The number of nitrogens with zero attached hydrogens (tertiary/aromatic N) is 1. The number of carbonyl (C=O) groups excluding carboxylic acids is 1. The van der Waals surface area contributed by atoms with E-state index in [4.69, 9.17) is 14.9 Å². The van der Waals surface area contributed by atoms with Crippen LogP contribution < -0.4 is 10.5 Å². The fraction of sp³-hybridized carbons (Fsp3) is 0.158. The van der Waals surface area contributed by atoms with Crippen LogP contribution in [-0.2, 0) is 6.18 Å². The van der Waals surface area contributed by atoms with Gasteiger partial charge in [0, 0.05) is 5.56 Å². The summed E-state index contributed by atoms with van der Waals surface area (Å²) in [6.07, 6.45) is -5.85. The summed E-state index contributed by atoms with van der Waals surface area (Å²) in [4.78, 5) is 15.3. The molecule has 164 valence electrons. The Labute approximate surface area is 179 Å². The molecule has 2 aromatic carbocycles. The molecular formula is C19H12BrF5N2O4. The third-order valence-electron chi connectivity index (χ3n) is 4.11. The van der Waals surface area contributed by atoms with E-state index in [-0.39, 0.29) is 21.8 Å². The zero-order valence-corrected chi connectivity index (χ0v) is 16.8. The predicted octanol–water partition coefficient (Wildman–Crippen LogP) is 4.61. The monoisotopic (exact) mass is 506 g/mol. The number of hydrogen-bond donors (Lipinski definition) is 2. The average molecular weight is 507 g/mol. The number of halogens is 6. The van der Waals surface area contributed by atoms with Crippen molar-refractivity contribution < 1.29 is 41.0 Å². The summed E-state index contributed by atoms with van der Waals surface area (Å²) in [5, 5.41) is 9.65. The molecule has 3 aromatic rings. The smallest absolute Gasteiger partial charge is 0.416 e. The first-order valence-electron chi connectivity index (χ1n) is 8.42. The van der Waals surface area contributed by atoms with E-state index in [2.05, 4.69) is 20.9 Å². The minimum atomic E-state index is -4.51. The van der Waals surface area contributed by atoms with E-state index in [0.717, 1.165) is 36.4 Å². The number of benzene rings is 2. The maximum Gasteiger partial charge on any atom is 0.416 e. The molecule has 1 heterocycles. The van der Waals surface area contributed by atoms with Crippen molar-refractivity contribution in [2.24, 2.45) is 5.73 Å². The lowest BCUT2D eigenvalue weighted by Crippen LogP contribution is -2.18. The summed E-state index contributed by atoms with van der Waals surface area (Å²) in [7, 11) is 0. The fourth-order valence-electron chi connectivity index (χ4n) is 2.62. The highest BCUT2D eigenvalue weighted by atomic mass is 79.9. The highest BCUT2D eigenvalue weighted by Crippen LogP contribution is 2.35. The van der Waals surface area contributed by atoms with Crippen LogP contribution in [-0.4, -0.2) is 22.6 Å². The van der Waals surface area contributed by atoms with Crippen LogP contribution in [0.2, 0.25) is 0 Å². The number of aromatic nitrogens is 1. The van der Waals surface area contributed by atoms with Gasteiger partial charge >= 0.3 is 6.18 Å². The molecule has 0 aliphatic heterocycles. The van der Waals surface area contributed by atoms with E-state index in [1.165, 1.54) is 0 Å². The van der Waals surface area contributed by atoms with Crippen LogP contribution in [0.25, 0.3) is 11.5 Å². The number of alkyl halides is 3. The summed E-state index contributed by atoms with van der Waals surface area (Å²) in [6.45, 7) is -0.736. The SMILES string of the molecule is NC(=O)c1c(F)ccc(OC(CO)c2nc(-c3ccc(C(F)(F)F)cc3)oc2Br)c1F. The Morgan fingerprint density at radius 2 is 1.84 bits per heavy atom. The Morgan fingerprint density at radius 1 is 1.19 bits per heavy atom. The van der Waals surface area contributed by atoms with Crippen LogP contribution in [0.5, 0.6) is 5.75 Å². The number of ether oxygens (including phenoxy) is 1. The Morgan fingerprint density at radius 3 is 2.39 bits per heavy atom. The molecule has 0 aliphatic rings. The van der Waals surface area contributed by atoms with E-state index >= 15 is 0 Å². The average Bonchev–Trinajstić information content (AvgIpc) is 3.08. The lowest BCUT2D eigenvalue weighted by atomic mass is 10.1. The van der Waals surface area contributed by atoms with Crippen molar-refractivity contribution >= 4 is 21.8 Å². The van der Waals surface area contributed by atoms with Gasteiger partial charge in [-0.25, -0.2) is 13.8 Å². The quantitative estimate of drug-likeness (QED) is 0.475. The van der Waals surface area contributed by atoms with E-state index in [9.17, 15) is 31.9 Å². The van der Waals surface area contributed by atoms with Gasteiger partial charge in [0.1, 0.15) is 17.1 Å². The largest absolute Gasteiger partial charge is 0.478 e. The third kappa shape index (κ3) is 4.69. The topological polar surface area (TPSA) is 98.6 Å². The second-order valence-electron chi connectivity index (χ2n) is 6.14. The molecule has 0 spiro atoms. The summed E-state index contributed by atoms with van der Waals surface area (Å²) in [6, 6.07) is 5.61. The predicted molar refractivity (Wildman–Crippen MR) is 100.0 cm³/mol. The fourth-order valence-corrected chi connectivity index (χ4v) is 3.12. The number of aliphatic hydroxyl groups is 1. The van der Waals surface area contributed by atoms with Crippen LogP contribution in [0.15, 0.2) is 45.5 Å². The normalized spacial score (nSPS) is 12.6. The zero-order chi connectivity index (χ0) is 22.9. The molecule has 3 rings (SSSR count). The molecule has 12 heteroatoms. The van der Waals surface area contributed by atoms with Crippen LogP contribution >= 0.6 is 15.9 Å². The number of amides is 1. The Bertz CT molecular complexity index is 1120. The van der Waals surface area contributed by atoms with Crippen molar-refractivity contribution in [2.75, 3.05) is 6.61 Å². The van der Waals surface area contributed by atoms with Crippen molar-refractivity contribution in [1.29, 1.82) is 0 Å². The summed E-state index contributed by atoms with van der Waals surface area (Å²) in [5.41, 5.74) is 3.22. The van der Waals surface area contributed by atoms with Gasteiger partial charge in [-0.2, -0.15) is 13.2 Å². The second-order valence-corrected chi connectivity index (χ2v) is 6.86. The number of aliphatic hydroxyl groups excluding tert-OH is 1. The number of oxazole rings is 1. The number of nitrogens with two attached hydrogens (primary N) is 1. The maximum absolute atomic E-state index is 14.4. The number of rotatable bonds is 6. The van der Waals surface area contributed by atoms with E-state index in [1.807, 2.05) is 0 Å². The number of hydrogen-bond acceptors (Lipinski definition) is 5. The van der Waals surface area contributed by atoms with Gasteiger partial charge in [0.25, 0.3) is 5.91 Å². The number of carbonyl (C=O) groups is 1. The minimum Gasteiger partial charge on any atom is -0.478 e. The van der Waals surface area contributed by atoms with Crippen LogP contribution in [0.1, 0.15) is 27.7 Å². The van der Waals surface area contributed by atoms with Gasteiger partial charge in [0.05, 0.1) is 12.2 Å². The molecular weight excluding hydrogens is 495 g/mol. The van der Waals surface area contributed by atoms with E-state index in [0.29, 0.717) is 0 Å². The third-order valence-corrected chi connectivity index (χ3v) is 4.68. The van der Waals surface area contributed by atoms with Crippen molar-refractivity contribution in [1.82, 2.24) is 4.98 Å². The van der Waals surface area contributed by atoms with Gasteiger partial charge in [-0.15, -0.1) is 0 Å². The lowest BCUT2D eigenvalue weighted by Gasteiger charge is -2.16. The van der Waals surface area contributed by atoms with Gasteiger partial charge in [-0.1, -0.05) is 0 Å². The molecule has 0 radical (unpaired) electrons. The molecule has 3 N–H and O–H groups in total. The van der Waals surface area contributed by atoms with Gasteiger partial charge in [-0.3, -0.25) is 4.79 Å². The Balaban J connectivity index is 1.91. The molecule has 6 nitrogen and oxygen atoms in total. The Kier molecular flexibility index (Phi) is 6.32. The highest BCUT2D eigenvalue weighted by molar-refractivity contribution is 9.10. The van der Waals surface area contributed by atoms with Crippen molar-refractivity contribution in [3.8, 4) is 17.2 Å². The molecule has 0 saturated heterocycles. The first kappa shape index (κ1) is 22.7. The molecule has 1 unspecified atom stereocenters. The molecule has 0 bridgehead atoms. The zero-order valence-electron chi connectivity index (χ0n) is 15.2. The van der Waals surface area contributed by atoms with Gasteiger partial charge < -0.3 is 20.0 Å². The molecule has 0 saturated carbocycles. The first-order valence-corrected chi connectivity index (χ1v) is 9.21. The van der Waals surface area contributed by atoms with Crippen LogP contribution in [0.3, 0.4) is 0 Å². The van der Waals surface area contributed by atoms with Crippen molar-refractivity contribution in [2.45, 2.75) is 12.3 Å². The standard InChI is InChI=1S/C19H12BrF5N2O4/c20-16-15(27-18(31-16)8-1-3-9(4-2-8)19(23,24)25)12(7-28)30-11-6-5-10(21)13(14(11)22)17(26)29/h1-6,12,28H,7H2,(H2,26,29). The highest BCUT2D eigenvalue weighted by Gasteiger charge is 2.31. The van der Waals surface area contributed by atoms with Crippen molar-refractivity contribution in [3.05, 3.63) is 69.5 Å². The minimum absolute atomic E-state index is 0.0425. The second kappa shape index (κ2) is 8.63. The lowest BCUT2D eigenvalue weighted by molar-refractivity contribution is -0.137. The summed E-state index contributed by atoms with van der Waals surface area (Å²) >= 11 is 3.06. The van der Waals surface area contributed by atoms with Gasteiger partial charge in [0.15, 0.2) is 22.3 Å². The summed E-state index contributed by atoms with van der Waals surface area (Å²) in [5.74, 6) is -4.60. The van der Waals surface area contributed by atoms with E-state index < -0.39 is 53.3 Å². The molecule has 1 amide bonds. The molecule has 1 atom stereocenters. The molecule has 31 heavy (non-hydrogen) atoms. The maximum atomic E-state index is 14.4. The molecule has 0 aliphatic carbocycles. The van der Waals surface area contributed by atoms with Crippen LogP contribution in [0, 0.1) is 11.6 Å². The molecule has 0 fully saturated rings. The van der Waals surface area contributed by atoms with E-state index in [1.54, 1.807) is 0 Å². The molecule has 1 aromatic heterocycles.